The Bertz CT molecular complexity index is 1340. The van der Waals surface area contributed by atoms with E-state index in [-0.39, 0.29) is 19.6 Å². The summed E-state index contributed by atoms with van der Waals surface area (Å²) in [5, 5.41) is 4.08. The van der Waals surface area contributed by atoms with Gasteiger partial charge in [0.2, 0.25) is 6.79 Å². The lowest BCUT2D eigenvalue weighted by Crippen LogP contribution is -2.25. The quantitative estimate of drug-likeness (QED) is 0.124. The number of benzene rings is 3. The van der Waals surface area contributed by atoms with Crippen molar-refractivity contribution in [2.75, 3.05) is 59.4 Å². The Labute approximate surface area is 266 Å². The first-order valence-electron chi connectivity index (χ1n) is 15.3. The average Bonchev–Trinajstić information content (AvgIpc) is 3.67. The van der Waals surface area contributed by atoms with Crippen LogP contribution < -0.4 is 19.5 Å². The van der Waals surface area contributed by atoms with Gasteiger partial charge in [-0.3, -0.25) is 4.90 Å². The SMILES string of the molecule is CCc1cc(Cl)cc(CC)c1NC.COCCOCOc1ccc([C@H]2C[C@@H](c3cc4c(cc3C)OCO4)CN2CC=O)cc1. The third kappa shape index (κ3) is 8.45. The van der Waals surface area contributed by atoms with Crippen molar-refractivity contribution >= 4 is 23.6 Å². The third-order valence-corrected chi connectivity index (χ3v) is 8.42. The van der Waals surface area contributed by atoms with E-state index in [1.165, 1.54) is 33.5 Å². The smallest absolute Gasteiger partial charge is 0.231 e. The second kappa shape index (κ2) is 16.7. The number of likely N-dealkylation sites (tertiary alicyclic amines) is 1. The number of nitrogens with one attached hydrogen (secondary N) is 1. The zero-order chi connectivity index (χ0) is 31.5. The standard InChI is InChI=1S/C24H29NO6.C11H16ClN/c1-17-11-23-24(31-16-30-23)13-21(17)19-12-22(25(14-19)7-8-26)18-3-5-20(6-4-18)29-15-28-10-9-27-2;1-4-8-6-10(12)7-9(5-2)11(8)13-3/h3-6,8,11,13,19,22H,7,9-10,12,14-16H2,1-2H3;6-7,13H,4-5H2,1-3H3/t19-,22-;/m1./s1. The minimum Gasteiger partial charge on any atom is -0.468 e. The summed E-state index contributed by atoms with van der Waals surface area (Å²) in [6, 6.07) is 16.4. The number of anilines is 1. The van der Waals surface area contributed by atoms with Crippen LogP contribution in [0.2, 0.25) is 5.02 Å². The van der Waals surface area contributed by atoms with E-state index in [0.29, 0.717) is 25.7 Å². The van der Waals surface area contributed by atoms with E-state index in [1.54, 1.807) is 7.11 Å². The second-order valence-corrected chi connectivity index (χ2v) is 11.4. The Morgan fingerprint density at radius 1 is 1.02 bits per heavy atom. The van der Waals surface area contributed by atoms with Crippen LogP contribution in [0.4, 0.5) is 5.69 Å². The largest absolute Gasteiger partial charge is 0.468 e. The maximum Gasteiger partial charge on any atom is 0.231 e. The van der Waals surface area contributed by atoms with E-state index in [2.05, 4.69) is 55.3 Å². The van der Waals surface area contributed by atoms with Gasteiger partial charge in [-0.25, -0.2) is 0 Å². The number of carbonyl (C=O) groups excluding carboxylic acids is 1. The van der Waals surface area contributed by atoms with Gasteiger partial charge in [0, 0.05) is 37.5 Å². The molecule has 2 heterocycles. The number of ether oxygens (including phenoxy) is 5. The van der Waals surface area contributed by atoms with Crippen LogP contribution in [-0.2, 0) is 27.1 Å². The molecule has 1 N–H and O–H groups in total. The average molecular weight is 625 g/mol. The van der Waals surface area contributed by atoms with E-state index < -0.39 is 0 Å². The van der Waals surface area contributed by atoms with Crippen molar-refractivity contribution in [3.05, 3.63) is 81.4 Å². The lowest BCUT2D eigenvalue weighted by Gasteiger charge is -2.22. The van der Waals surface area contributed by atoms with Gasteiger partial charge >= 0.3 is 0 Å². The van der Waals surface area contributed by atoms with E-state index in [9.17, 15) is 4.79 Å². The van der Waals surface area contributed by atoms with Crippen LogP contribution in [-0.4, -0.2) is 65.2 Å². The van der Waals surface area contributed by atoms with Gasteiger partial charge < -0.3 is 33.8 Å². The Balaban J connectivity index is 0.000000285. The molecule has 1 fully saturated rings. The number of rotatable bonds is 13. The van der Waals surface area contributed by atoms with E-state index >= 15 is 0 Å². The maximum absolute atomic E-state index is 11.3. The predicted molar refractivity (Wildman–Crippen MR) is 175 cm³/mol. The van der Waals surface area contributed by atoms with Gasteiger partial charge in [0.1, 0.15) is 12.0 Å². The van der Waals surface area contributed by atoms with Crippen LogP contribution in [0.15, 0.2) is 48.5 Å². The van der Waals surface area contributed by atoms with Crippen LogP contribution in [0.3, 0.4) is 0 Å². The number of fused-ring (bicyclic) bond motifs is 1. The van der Waals surface area contributed by atoms with Crippen LogP contribution in [0, 0.1) is 6.92 Å². The Morgan fingerprint density at radius 2 is 1.70 bits per heavy atom. The van der Waals surface area contributed by atoms with Gasteiger partial charge in [0.25, 0.3) is 0 Å². The molecule has 8 nitrogen and oxygen atoms in total. The van der Waals surface area contributed by atoms with Gasteiger partial charge in [-0.2, -0.15) is 0 Å². The molecule has 0 unspecified atom stereocenters. The van der Waals surface area contributed by atoms with Crippen LogP contribution in [0.1, 0.15) is 60.0 Å². The second-order valence-electron chi connectivity index (χ2n) is 10.9. The fraction of sp³-hybridized carbons (Fsp3) is 0.457. The summed E-state index contributed by atoms with van der Waals surface area (Å²) in [5.74, 6) is 2.69. The molecule has 2 aliphatic heterocycles. The molecule has 44 heavy (non-hydrogen) atoms. The first-order chi connectivity index (χ1) is 21.4. The number of aryl methyl sites for hydroxylation is 3. The lowest BCUT2D eigenvalue weighted by atomic mass is 9.90. The van der Waals surface area contributed by atoms with Gasteiger partial charge in [-0.05, 0) is 96.3 Å². The molecule has 0 bridgehead atoms. The molecule has 3 aromatic carbocycles. The summed E-state index contributed by atoms with van der Waals surface area (Å²) in [7, 11) is 3.60. The molecule has 2 aliphatic rings. The topological polar surface area (TPSA) is 78.5 Å². The summed E-state index contributed by atoms with van der Waals surface area (Å²) < 4.78 is 27.0. The molecule has 3 aromatic rings. The summed E-state index contributed by atoms with van der Waals surface area (Å²) in [6.07, 6.45) is 3.96. The Hall–Kier alpha value is -3.30. The highest BCUT2D eigenvalue weighted by atomic mass is 35.5. The molecule has 0 radical (unpaired) electrons. The molecular weight excluding hydrogens is 580 g/mol. The first-order valence-corrected chi connectivity index (χ1v) is 15.7. The van der Waals surface area contributed by atoms with Crippen molar-refractivity contribution < 1.29 is 28.5 Å². The molecule has 238 valence electrons. The molecule has 0 aliphatic carbocycles. The van der Waals surface area contributed by atoms with Crippen LogP contribution >= 0.6 is 11.6 Å². The zero-order valence-corrected chi connectivity index (χ0v) is 27.2. The molecule has 9 heteroatoms. The molecule has 0 aromatic heterocycles. The minimum atomic E-state index is 0.173. The van der Waals surface area contributed by atoms with Crippen molar-refractivity contribution in [3.8, 4) is 17.2 Å². The highest BCUT2D eigenvalue weighted by molar-refractivity contribution is 6.30. The molecule has 1 saturated heterocycles. The van der Waals surface area contributed by atoms with Gasteiger partial charge in [-0.15, -0.1) is 0 Å². The number of hydrogen-bond donors (Lipinski definition) is 1. The summed E-state index contributed by atoms with van der Waals surface area (Å²) >= 11 is 6.01. The zero-order valence-electron chi connectivity index (χ0n) is 26.5. The molecular formula is C35H45ClN2O6. The maximum atomic E-state index is 11.3. The molecule has 0 saturated carbocycles. The fourth-order valence-corrected chi connectivity index (χ4v) is 6.24. The number of aldehydes is 1. The van der Waals surface area contributed by atoms with E-state index in [0.717, 1.165) is 54.4 Å². The number of nitrogens with zero attached hydrogens (tertiary/aromatic N) is 1. The molecule has 5 rings (SSSR count). The van der Waals surface area contributed by atoms with Gasteiger partial charge in [0.15, 0.2) is 18.3 Å². The van der Waals surface area contributed by atoms with Crippen molar-refractivity contribution in [2.45, 2.75) is 52.0 Å². The van der Waals surface area contributed by atoms with Crippen LogP contribution in [0.25, 0.3) is 0 Å². The minimum absolute atomic E-state index is 0.173. The van der Waals surface area contributed by atoms with Crippen molar-refractivity contribution in [1.29, 1.82) is 0 Å². The fourth-order valence-electron chi connectivity index (χ4n) is 5.97. The Morgan fingerprint density at radius 3 is 2.32 bits per heavy atom. The highest BCUT2D eigenvalue weighted by Gasteiger charge is 2.35. The number of carbonyl (C=O) groups is 1. The van der Waals surface area contributed by atoms with Crippen molar-refractivity contribution in [3.63, 3.8) is 0 Å². The molecule has 0 spiro atoms. The Kier molecular flexibility index (Phi) is 12.7. The first kappa shape index (κ1) is 33.6. The summed E-state index contributed by atoms with van der Waals surface area (Å²) in [4.78, 5) is 13.6. The number of halogens is 1. The summed E-state index contributed by atoms with van der Waals surface area (Å²) in [6.45, 7) is 9.14. The number of methoxy groups -OCH3 is 1. The molecule has 2 atom stereocenters. The van der Waals surface area contributed by atoms with Crippen molar-refractivity contribution in [1.82, 2.24) is 4.90 Å². The van der Waals surface area contributed by atoms with E-state index in [1.807, 2.05) is 31.3 Å². The van der Waals surface area contributed by atoms with Gasteiger partial charge in [0.05, 0.1) is 19.8 Å². The number of hydrogen-bond acceptors (Lipinski definition) is 8. The lowest BCUT2D eigenvalue weighted by molar-refractivity contribution is -0.109. The third-order valence-electron chi connectivity index (χ3n) is 8.20. The van der Waals surface area contributed by atoms with Gasteiger partial charge in [-0.1, -0.05) is 37.6 Å². The summed E-state index contributed by atoms with van der Waals surface area (Å²) in [5.41, 5.74) is 7.47. The van der Waals surface area contributed by atoms with E-state index in [4.69, 9.17) is 35.3 Å². The highest BCUT2D eigenvalue weighted by Crippen LogP contribution is 2.44. The molecule has 0 amide bonds. The van der Waals surface area contributed by atoms with Crippen molar-refractivity contribution in [2.24, 2.45) is 0 Å². The monoisotopic (exact) mass is 624 g/mol. The normalized spacial score (nSPS) is 17.2. The predicted octanol–water partition coefficient (Wildman–Crippen LogP) is 6.96. The van der Waals surface area contributed by atoms with Crippen LogP contribution in [0.5, 0.6) is 17.2 Å².